The van der Waals surface area contributed by atoms with Crippen LogP contribution in [-0.2, 0) is 4.79 Å². The molecule has 0 spiro atoms. The minimum absolute atomic E-state index is 0.0745. The lowest BCUT2D eigenvalue weighted by Gasteiger charge is -2.22. The average molecular weight is 284 g/mol. The zero-order valence-electron chi connectivity index (χ0n) is 10.6. The second-order valence-corrected chi connectivity index (χ2v) is 4.83. The highest BCUT2D eigenvalue weighted by Crippen LogP contribution is 2.45. The summed E-state index contributed by atoms with van der Waals surface area (Å²) >= 11 is 0. The third-order valence-electron chi connectivity index (χ3n) is 3.35. The standard InChI is InChI=1S/C13H14F2N2O3/c14-13(15)19-10-5-1-4-9(11(10)20-13)17-12(18)8-3-2-6-16-7-8/h1,4-5,8,16H,2-3,6-7H2,(H,17,18). The van der Waals surface area contributed by atoms with Crippen LogP contribution in [0.4, 0.5) is 14.5 Å². The number of anilines is 1. The van der Waals surface area contributed by atoms with E-state index in [1.807, 2.05) is 0 Å². The minimum atomic E-state index is -3.68. The number of carbonyl (C=O) groups is 1. The third-order valence-corrected chi connectivity index (χ3v) is 3.35. The van der Waals surface area contributed by atoms with Gasteiger partial charge in [0.15, 0.2) is 11.5 Å². The molecule has 0 aromatic heterocycles. The van der Waals surface area contributed by atoms with Crippen molar-refractivity contribution in [1.82, 2.24) is 5.32 Å². The number of nitrogens with one attached hydrogen (secondary N) is 2. The van der Waals surface area contributed by atoms with Gasteiger partial charge >= 0.3 is 6.29 Å². The number of benzene rings is 1. The highest BCUT2D eigenvalue weighted by atomic mass is 19.3. The molecule has 1 saturated heterocycles. The zero-order valence-corrected chi connectivity index (χ0v) is 10.6. The van der Waals surface area contributed by atoms with Gasteiger partial charge in [-0.3, -0.25) is 4.79 Å². The number of amides is 1. The van der Waals surface area contributed by atoms with Gasteiger partial charge in [-0.1, -0.05) is 6.07 Å². The lowest BCUT2D eigenvalue weighted by Crippen LogP contribution is -2.37. The topological polar surface area (TPSA) is 59.6 Å². The summed E-state index contributed by atoms with van der Waals surface area (Å²) in [5.74, 6) is -0.573. The average Bonchev–Trinajstić information content (AvgIpc) is 2.75. The van der Waals surface area contributed by atoms with Crippen LogP contribution in [0.25, 0.3) is 0 Å². The summed E-state index contributed by atoms with van der Waals surface area (Å²) in [5, 5.41) is 5.76. The van der Waals surface area contributed by atoms with Gasteiger partial charge in [0.25, 0.3) is 0 Å². The van der Waals surface area contributed by atoms with Gasteiger partial charge in [0.2, 0.25) is 5.91 Å². The number of alkyl halides is 2. The Hall–Kier alpha value is -1.89. The molecule has 1 unspecified atom stereocenters. The molecule has 1 fully saturated rings. The number of ether oxygens (including phenoxy) is 2. The first kappa shape index (κ1) is 13.1. The third kappa shape index (κ3) is 2.53. The van der Waals surface area contributed by atoms with E-state index in [9.17, 15) is 13.6 Å². The van der Waals surface area contributed by atoms with E-state index in [0.29, 0.717) is 6.54 Å². The van der Waals surface area contributed by atoms with Gasteiger partial charge in [0.1, 0.15) is 0 Å². The number of fused-ring (bicyclic) bond motifs is 1. The predicted molar refractivity (Wildman–Crippen MR) is 66.9 cm³/mol. The molecule has 2 heterocycles. The van der Waals surface area contributed by atoms with Gasteiger partial charge in [-0.25, -0.2) is 0 Å². The summed E-state index contributed by atoms with van der Waals surface area (Å²) in [6.45, 7) is 1.49. The molecule has 1 amide bonds. The number of hydrogen-bond acceptors (Lipinski definition) is 4. The van der Waals surface area contributed by atoms with Crippen molar-refractivity contribution < 1.29 is 23.0 Å². The van der Waals surface area contributed by atoms with Crippen molar-refractivity contribution in [1.29, 1.82) is 0 Å². The lowest BCUT2D eigenvalue weighted by molar-refractivity contribution is -0.286. The van der Waals surface area contributed by atoms with E-state index in [1.54, 1.807) is 0 Å². The van der Waals surface area contributed by atoms with Crippen molar-refractivity contribution in [3.05, 3.63) is 18.2 Å². The number of hydrogen-bond donors (Lipinski definition) is 2. The second kappa shape index (κ2) is 4.90. The van der Waals surface area contributed by atoms with Crippen molar-refractivity contribution in [3.8, 4) is 11.5 Å². The van der Waals surface area contributed by atoms with Crippen molar-refractivity contribution >= 4 is 11.6 Å². The van der Waals surface area contributed by atoms with E-state index in [1.165, 1.54) is 18.2 Å². The summed E-state index contributed by atoms with van der Waals surface area (Å²) in [5.41, 5.74) is 0.204. The Bertz CT molecular complexity index is 530. The Morgan fingerprint density at radius 1 is 1.40 bits per heavy atom. The molecule has 1 atom stereocenters. The Morgan fingerprint density at radius 3 is 3.00 bits per heavy atom. The molecular weight excluding hydrogens is 270 g/mol. The fraction of sp³-hybridized carbons (Fsp3) is 0.462. The van der Waals surface area contributed by atoms with Crippen LogP contribution < -0.4 is 20.1 Å². The van der Waals surface area contributed by atoms with E-state index < -0.39 is 6.29 Å². The van der Waals surface area contributed by atoms with Crippen LogP contribution in [0.1, 0.15) is 12.8 Å². The molecule has 0 aliphatic carbocycles. The molecule has 2 N–H and O–H groups in total. The molecule has 2 aliphatic rings. The van der Waals surface area contributed by atoms with Crippen molar-refractivity contribution in [2.24, 2.45) is 5.92 Å². The maximum absolute atomic E-state index is 13.0. The summed E-state index contributed by atoms with van der Waals surface area (Å²) < 4.78 is 34.9. The largest absolute Gasteiger partial charge is 0.586 e. The number of piperidine rings is 1. The Balaban J connectivity index is 1.76. The SMILES string of the molecule is O=C(Nc1cccc2c1OC(F)(F)O2)C1CCCNC1. The molecule has 2 aliphatic heterocycles. The van der Waals surface area contributed by atoms with E-state index in [-0.39, 0.29) is 29.0 Å². The molecule has 1 aromatic rings. The van der Waals surface area contributed by atoms with Crippen molar-refractivity contribution in [2.45, 2.75) is 19.1 Å². The first-order valence-corrected chi connectivity index (χ1v) is 6.45. The molecule has 7 heteroatoms. The van der Waals surface area contributed by atoms with Crippen molar-refractivity contribution in [3.63, 3.8) is 0 Å². The summed E-state index contributed by atoms with van der Waals surface area (Å²) in [6, 6.07) is 4.41. The van der Waals surface area contributed by atoms with E-state index in [4.69, 9.17) is 0 Å². The summed E-state index contributed by atoms with van der Waals surface area (Å²) in [6.07, 6.45) is -1.99. The maximum Gasteiger partial charge on any atom is 0.586 e. The van der Waals surface area contributed by atoms with Gasteiger partial charge in [-0.05, 0) is 31.5 Å². The Labute approximate surface area is 114 Å². The highest BCUT2D eigenvalue weighted by Gasteiger charge is 2.44. The van der Waals surface area contributed by atoms with Crippen LogP contribution >= 0.6 is 0 Å². The van der Waals surface area contributed by atoms with Crippen LogP contribution in [0.3, 0.4) is 0 Å². The van der Waals surface area contributed by atoms with E-state index in [2.05, 4.69) is 20.1 Å². The second-order valence-electron chi connectivity index (χ2n) is 4.83. The van der Waals surface area contributed by atoms with Gasteiger partial charge < -0.3 is 20.1 Å². The number of carbonyl (C=O) groups excluding carboxylic acids is 1. The molecular formula is C13H14F2N2O3. The first-order chi connectivity index (χ1) is 9.55. The maximum atomic E-state index is 13.0. The predicted octanol–water partition coefficient (Wildman–Crippen LogP) is 1.95. The fourth-order valence-electron chi connectivity index (χ4n) is 2.38. The van der Waals surface area contributed by atoms with Gasteiger partial charge in [-0.15, -0.1) is 8.78 Å². The van der Waals surface area contributed by atoms with Crippen molar-refractivity contribution in [2.75, 3.05) is 18.4 Å². The first-order valence-electron chi connectivity index (χ1n) is 6.45. The minimum Gasteiger partial charge on any atom is -0.395 e. The van der Waals surface area contributed by atoms with Crippen LogP contribution in [0, 0.1) is 5.92 Å². The molecule has 0 bridgehead atoms. The van der Waals surface area contributed by atoms with Crippen LogP contribution in [0.2, 0.25) is 0 Å². The van der Waals surface area contributed by atoms with Gasteiger partial charge in [0.05, 0.1) is 11.6 Å². The molecule has 1 aromatic carbocycles. The Kier molecular flexibility index (Phi) is 3.21. The summed E-state index contributed by atoms with van der Waals surface area (Å²) in [4.78, 5) is 12.1. The monoisotopic (exact) mass is 284 g/mol. The van der Waals surface area contributed by atoms with Crippen LogP contribution in [-0.4, -0.2) is 25.3 Å². The van der Waals surface area contributed by atoms with Gasteiger partial charge in [-0.2, -0.15) is 0 Å². The highest BCUT2D eigenvalue weighted by molar-refractivity contribution is 5.94. The van der Waals surface area contributed by atoms with E-state index >= 15 is 0 Å². The Morgan fingerprint density at radius 2 is 2.25 bits per heavy atom. The summed E-state index contributed by atoms with van der Waals surface area (Å²) in [7, 11) is 0. The molecule has 3 rings (SSSR count). The normalized spacial score (nSPS) is 23.4. The molecule has 5 nitrogen and oxygen atoms in total. The van der Waals surface area contributed by atoms with Crippen LogP contribution in [0.15, 0.2) is 18.2 Å². The molecule has 108 valence electrons. The van der Waals surface area contributed by atoms with E-state index in [0.717, 1.165) is 19.4 Å². The number of rotatable bonds is 2. The quantitative estimate of drug-likeness (QED) is 0.871. The zero-order chi connectivity index (χ0) is 14.2. The number of halogens is 2. The molecule has 0 radical (unpaired) electrons. The van der Waals surface area contributed by atoms with Gasteiger partial charge in [0, 0.05) is 6.54 Å². The number of para-hydroxylation sites is 1. The lowest BCUT2D eigenvalue weighted by atomic mass is 9.99. The molecule has 0 saturated carbocycles. The smallest absolute Gasteiger partial charge is 0.395 e. The fourth-order valence-corrected chi connectivity index (χ4v) is 2.38. The molecule has 20 heavy (non-hydrogen) atoms. The van der Waals surface area contributed by atoms with Crippen LogP contribution in [0.5, 0.6) is 11.5 Å².